The van der Waals surface area contributed by atoms with Crippen molar-refractivity contribution >= 4 is 29.5 Å². The molecule has 2 amide bonds. The highest BCUT2D eigenvalue weighted by molar-refractivity contribution is 8.01. The van der Waals surface area contributed by atoms with Crippen LogP contribution in [0.3, 0.4) is 0 Å². The number of ether oxygens (including phenoxy) is 2. The molecule has 0 aromatic heterocycles. The number of carbonyl (C=O) groups is 3. The quantitative estimate of drug-likeness (QED) is 0.331. The predicted molar refractivity (Wildman–Crippen MR) is 116 cm³/mol. The van der Waals surface area contributed by atoms with Crippen LogP contribution in [0.1, 0.15) is 26.3 Å². The number of methoxy groups -OCH3 is 2. The topological polar surface area (TPSA) is 72.9 Å². The van der Waals surface area contributed by atoms with Gasteiger partial charge in [-0.15, -0.1) is 0 Å². The molecule has 4 rings (SSSR count). The second-order valence-electron chi connectivity index (χ2n) is 6.77. The van der Waals surface area contributed by atoms with E-state index in [4.69, 9.17) is 9.47 Å². The molecule has 1 unspecified atom stereocenters. The van der Waals surface area contributed by atoms with E-state index < -0.39 is 22.7 Å². The number of thioether (sulfide) groups is 1. The van der Waals surface area contributed by atoms with Crippen molar-refractivity contribution in [3.8, 4) is 5.75 Å². The van der Waals surface area contributed by atoms with E-state index in [0.29, 0.717) is 16.2 Å². The van der Waals surface area contributed by atoms with Crippen molar-refractivity contribution in [3.05, 3.63) is 95.6 Å². The third-order valence-corrected chi connectivity index (χ3v) is 6.43. The van der Waals surface area contributed by atoms with Crippen LogP contribution in [0.5, 0.6) is 5.75 Å². The molecular weight excluding hydrogens is 414 g/mol. The number of esters is 1. The first kappa shape index (κ1) is 20.7. The van der Waals surface area contributed by atoms with Crippen molar-refractivity contribution < 1.29 is 23.9 Å². The maximum absolute atomic E-state index is 13.5. The number of fused-ring (bicyclic) bond motifs is 1. The summed E-state index contributed by atoms with van der Waals surface area (Å²) in [6.45, 7) is 0. The van der Waals surface area contributed by atoms with E-state index in [1.54, 1.807) is 36.4 Å². The number of amides is 2. The average molecular weight is 433 g/mol. The molecule has 0 spiro atoms. The smallest absolute Gasteiger partial charge is 0.348 e. The van der Waals surface area contributed by atoms with Crippen LogP contribution in [0.15, 0.2) is 83.8 Å². The van der Waals surface area contributed by atoms with Crippen LogP contribution in [0.4, 0.5) is 0 Å². The van der Waals surface area contributed by atoms with Gasteiger partial charge < -0.3 is 9.47 Å². The van der Waals surface area contributed by atoms with Crippen LogP contribution in [-0.4, -0.2) is 36.9 Å². The highest BCUT2D eigenvalue weighted by atomic mass is 32.2. The summed E-state index contributed by atoms with van der Waals surface area (Å²) >= 11 is 1.09. The van der Waals surface area contributed by atoms with E-state index in [-0.39, 0.29) is 11.1 Å². The van der Waals surface area contributed by atoms with Gasteiger partial charge in [-0.2, -0.15) is 0 Å². The molecule has 0 saturated carbocycles. The zero-order valence-corrected chi connectivity index (χ0v) is 17.7. The third kappa shape index (κ3) is 3.37. The Hall–Kier alpha value is -3.58. The highest BCUT2D eigenvalue weighted by Crippen LogP contribution is 2.48. The lowest BCUT2D eigenvalue weighted by Gasteiger charge is -2.37. The molecule has 0 N–H and O–H groups in total. The van der Waals surface area contributed by atoms with Gasteiger partial charge in [0.25, 0.3) is 11.8 Å². The standard InChI is InChI=1S/C24H19NO5S/c1-29-17-13-14-19-20(15-17)22(27)25(21(19)26)24(23(28)30-2,16-9-5-3-6-10-16)31-18-11-7-4-8-12-18/h3-15H,1-2H3. The summed E-state index contributed by atoms with van der Waals surface area (Å²) in [5, 5.41) is 0. The van der Waals surface area contributed by atoms with Crippen LogP contribution in [-0.2, 0) is 14.4 Å². The van der Waals surface area contributed by atoms with Crippen LogP contribution in [0.25, 0.3) is 0 Å². The number of hydrogen-bond donors (Lipinski definition) is 0. The average Bonchev–Trinajstić information content (AvgIpc) is 3.07. The van der Waals surface area contributed by atoms with Crippen molar-refractivity contribution in [3.63, 3.8) is 0 Å². The summed E-state index contributed by atoms with van der Waals surface area (Å²) in [5.74, 6) is -1.44. The highest BCUT2D eigenvalue weighted by Gasteiger charge is 2.56. The van der Waals surface area contributed by atoms with Gasteiger partial charge in [0.1, 0.15) is 5.75 Å². The molecule has 0 aliphatic carbocycles. The summed E-state index contributed by atoms with van der Waals surface area (Å²) < 4.78 is 10.4. The minimum Gasteiger partial charge on any atom is -0.497 e. The van der Waals surface area contributed by atoms with Gasteiger partial charge in [0.15, 0.2) is 0 Å². The van der Waals surface area contributed by atoms with E-state index >= 15 is 0 Å². The number of rotatable bonds is 6. The molecule has 3 aromatic carbocycles. The van der Waals surface area contributed by atoms with Gasteiger partial charge in [-0.1, -0.05) is 60.3 Å². The monoisotopic (exact) mass is 433 g/mol. The molecule has 0 saturated heterocycles. The zero-order chi connectivity index (χ0) is 22.0. The van der Waals surface area contributed by atoms with Gasteiger partial charge in [0.2, 0.25) is 4.87 Å². The van der Waals surface area contributed by atoms with E-state index in [2.05, 4.69) is 0 Å². The maximum Gasteiger partial charge on any atom is 0.348 e. The first-order valence-electron chi connectivity index (χ1n) is 9.48. The fourth-order valence-corrected chi connectivity index (χ4v) is 4.89. The zero-order valence-electron chi connectivity index (χ0n) is 16.9. The number of hydrogen-bond acceptors (Lipinski definition) is 6. The van der Waals surface area contributed by atoms with Gasteiger partial charge in [0.05, 0.1) is 25.3 Å². The number of imide groups is 1. The number of nitrogens with zero attached hydrogens (tertiary/aromatic N) is 1. The minimum atomic E-state index is -1.75. The molecule has 31 heavy (non-hydrogen) atoms. The molecule has 1 aliphatic rings. The molecular formula is C24H19NO5S. The summed E-state index contributed by atoms with van der Waals surface area (Å²) in [7, 11) is 2.72. The SMILES string of the molecule is COC(=O)C(Sc1ccccc1)(c1ccccc1)N1C(=O)c2ccc(OC)cc2C1=O. The lowest BCUT2D eigenvalue weighted by Crippen LogP contribution is -2.53. The summed E-state index contributed by atoms with van der Waals surface area (Å²) in [6.07, 6.45) is 0. The predicted octanol–water partition coefficient (Wildman–Crippen LogP) is 4.11. The molecule has 1 aliphatic heterocycles. The molecule has 0 radical (unpaired) electrons. The summed E-state index contributed by atoms with van der Waals surface area (Å²) in [4.78, 5) is 40.3. The van der Waals surface area contributed by atoms with E-state index in [0.717, 1.165) is 16.7 Å². The largest absolute Gasteiger partial charge is 0.497 e. The minimum absolute atomic E-state index is 0.183. The van der Waals surface area contributed by atoms with Gasteiger partial charge in [-0.25, -0.2) is 9.69 Å². The van der Waals surface area contributed by atoms with Crippen molar-refractivity contribution in [1.29, 1.82) is 0 Å². The van der Waals surface area contributed by atoms with Crippen LogP contribution in [0, 0.1) is 0 Å². The van der Waals surface area contributed by atoms with Gasteiger partial charge >= 0.3 is 5.97 Å². The summed E-state index contributed by atoms with van der Waals surface area (Å²) in [5.41, 5.74) is 0.850. The molecule has 0 fully saturated rings. The molecule has 156 valence electrons. The maximum atomic E-state index is 13.5. The third-order valence-electron chi connectivity index (χ3n) is 5.04. The van der Waals surface area contributed by atoms with Crippen molar-refractivity contribution in [1.82, 2.24) is 4.90 Å². The molecule has 7 heteroatoms. The van der Waals surface area contributed by atoms with Crippen molar-refractivity contribution in [2.45, 2.75) is 9.77 Å². The molecule has 1 heterocycles. The van der Waals surface area contributed by atoms with Crippen LogP contribution < -0.4 is 4.74 Å². The van der Waals surface area contributed by atoms with Gasteiger partial charge in [-0.3, -0.25) is 9.59 Å². The molecule has 3 aromatic rings. The van der Waals surface area contributed by atoms with Gasteiger partial charge in [0, 0.05) is 10.5 Å². The van der Waals surface area contributed by atoms with Crippen LogP contribution >= 0.6 is 11.8 Å². The van der Waals surface area contributed by atoms with Crippen LogP contribution in [0.2, 0.25) is 0 Å². The van der Waals surface area contributed by atoms with Crippen molar-refractivity contribution in [2.24, 2.45) is 0 Å². The Morgan fingerprint density at radius 3 is 2.06 bits per heavy atom. The summed E-state index contributed by atoms with van der Waals surface area (Å²) in [6, 6.07) is 22.5. The fourth-order valence-electron chi connectivity index (χ4n) is 3.58. The Morgan fingerprint density at radius 2 is 1.45 bits per heavy atom. The Kier molecular flexibility index (Phi) is 5.52. The fraction of sp³-hybridized carbons (Fsp3) is 0.125. The second kappa shape index (κ2) is 8.28. The Bertz CT molecular complexity index is 1150. The molecule has 0 bridgehead atoms. The van der Waals surface area contributed by atoms with Gasteiger partial charge in [-0.05, 0) is 30.3 Å². The van der Waals surface area contributed by atoms with E-state index in [1.165, 1.54) is 26.4 Å². The Morgan fingerprint density at radius 1 is 0.839 bits per heavy atom. The lowest BCUT2D eigenvalue weighted by molar-refractivity contribution is -0.147. The van der Waals surface area contributed by atoms with Crippen molar-refractivity contribution in [2.75, 3.05) is 14.2 Å². The first-order chi connectivity index (χ1) is 15.0. The number of benzene rings is 3. The van der Waals surface area contributed by atoms with E-state index in [1.807, 2.05) is 30.3 Å². The Labute approximate surface area is 183 Å². The van der Waals surface area contributed by atoms with E-state index in [9.17, 15) is 14.4 Å². The lowest BCUT2D eigenvalue weighted by atomic mass is 10.0. The normalized spacial score (nSPS) is 14.7. The second-order valence-corrected chi connectivity index (χ2v) is 8.04. The molecule has 6 nitrogen and oxygen atoms in total. The molecule has 1 atom stereocenters. The number of carbonyl (C=O) groups excluding carboxylic acids is 3. The Balaban J connectivity index is 1.95. The first-order valence-corrected chi connectivity index (χ1v) is 10.3.